The Morgan fingerprint density at radius 3 is 2.52 bits per heavy atom. The second-order valence-electron chi connectivity index (χ2n) is 5.21. The molecule has 0 bridgehead atoms. The first-order valence-electron chi connectivity index (χ1n) is 7.66. The van der Waals surface area contributed by atoms with E-state index in [0.29, 0.717) is 11.4 Å². The van der Waals surface area contributed by atoms with Crippen LogP contribution >= 0.6 is 11.8 Å². The molecular weight excluding hydrogens is 312 g/mol. The van der Waals surface area contributed by atoms with Crippen LogP contribution in [0, 0.1) is 0 Å². The van der Waals surface area contributed by atoms with Crippen LogP contribution < -0.4 is 5.32 Å². The van der Waals surface area contributed by atoms with E-state index in [1.807, 2.05) is 31.2 Å². The Labute approximate surface area is 140 Å². The summed E-state index contributed by atoms with van der Waals surface area (Å²) in [6.07, 6.45) is 3.44. The van der Waals surface area contributed by atoms with Gasteiger partial charge >= 0.3 is 0 Å². The van der Waals surface area contributed by atoms with Gasteiger partial charge in [0.2, 0.25) is 5.91 Å². The van der Waals surface area contributed by atoms with Crippen molar-refractivity contribution in [2.75, 3.05) is 13.1 Å². The van der Waals surface area contributed by atoms with E-state index in [9.17, 15) is 14.4 Å². The van der Waals surface area contributed by atoms with Gasteiger partial charge in [-0.2, -0.15) is 0 Å². The van der Waals surface area contributed by atoms with Gasteiger partial charge in [0, 0.05) is 6.54 Å². The Hall–Kier alpha value is -2.08. The van der Waals surface area contributed by atoms with Crippen LogP contribution in [0.15, 0.2) is 29.2 Å². The standard InChI is InChI=1S/C17H20N2O3S/c1-3-9-18-15(20)11-19-16(21)14(23-17(19)22)10-13-7-5-12(4-2)6-8-13/h5-8,10H,3-4,9,11H2,1-2H3,(H,18,20)/b14-10-. The Morgan fingerprint density at radius 1 is 1.22 bits per heavy atom. The first-order chi connectivity index (χ1) is 11.0. The minimum absolute atomic E-state index is 0.225. The third kappa shape index (κ3) is 4.45. The molecule has 1 aliphatic rings. The molecular formula is C17H20N2O3S. The van der Waals surface area contributed by atoms with Gasteiger partial charge < -0.3 is 5.32 Å². The number of thioether (sulfide) groups is 1. The van der Waals surface area contributed by atoms with Crippen molar-refractivity contribution in [2.24, 2.45) is 0 Å². The van der Waals surface area contributed by atoms with Crippen LogP contribution in [0.5, 0.6) is 0 Å². The first kappa shape index (κ1) is 17.3. The van der Waals surface area contributed by atoms with Gasteiger partial charge in [0.1, 0.15) is 6.54 Å². The molecule has 0 aromatic heterocycles. The van der Waals surface area contributed by atoms with Gasteiger partial charge in [-0.05, 0) is 41.8 Å². The highest BCUT2D eigenvalue weighted by Crippen LogP contribution is 2.31. The molecule has 2 rings (SSSR count). The maximum absolute atomic E-state index is 12.3. The van der Waals surface area contributed by atoms with Gasteiger partial charge in [0.15, 0.2) is 0 Å². The SMILES string of the molecule is CCCNC(=O)CN1C(=O)S/C(=C\c2ccc(CC)cc2)C1=O. The van der Waals surface area contributed by atoms with E-state index in [4.69, 9.17) is 0 Å². The number of rotatable bonds is 6. The molecule has 0 spiro atoms. The second kappa shape index (κ2) is 7.97. The van der Waals surface area contributed by atoms with Crippen molar-refractivity contribution in [1.82, 2.24) is 10.2 Å². The number of carbonyl (C=O) groups is 3. The van der Waals surface area contributed by atoms with E-state index >= 15 is 0 Å². The first-order valence-corrected chi connectivity index (χ1v) is 8.47. The highest BCUT2D eigenvalue weighted by molar-refractivity contribution is 8.18. The van der Waals surface area contributed by atoms with Crippen molar-refractivity contribution >= 4 is 34.9 Å². The molecule has 0 radical (unpaired) electrons. The lowest BCUT2D eigenvalue weighted by Gasteiger charge is -2.11. The van der Waals surface area contributed by atoms with E-state index in [-0.39, 0.29) is 12.5 Å². The molecule has 1 aliphatic heterocycles. The summed E-state index contributed by atoms with van der Waals surface area (Å²) in [5.41, 5.74) is 2.07. The van der Waals surface area contributed by atoms with Crippen LogP contribution in [0.3, 0.4) is 0 Å². The smallest absolute Gasteiger partial charge is 0.294 e. The van der Waals surface area contributed by atoms with Gasteiger partial charge in [0.05, 0.1) is 4.91 Å². The van der Waals surface area contributed by atoms with Crippen molar-refractivity contribution in [3.8, 4) is 0 Å². The topological polar surface area (TPSA) is 66.5 Å². The predicted molar refractivity (Wildman–Crippen MR) is 91.8 cm³/mol. The van der Waals surface area contributed by atoms with Crippen LogP contribution in [0.1, 0.15) is 31.4 Å². The van der Waals surface area contributed by atoms with Crippen molar-refractivity contribution in [3.63, 3.8) is 0 Å². The third-order valence-electron chi connectivity index (χ3n) is 3.43. The van der Waals surface area contributed by atoms with Gasteiger partial charge in [-0.15, -0.1) is 0 Å². The number of hydrogen-bond acceptors (Lipinski definition) is 4. The van der Waals surface area contributed by atoms with Crippen LogP contribution in [-0.2, 0) is 16.0 Å². The summed E-state index contributed by atoms with van der Waals surface area (Å²) in [6, 6.07) is 7.82. The molecule has 6 heteroatoms. The summed E-state index contributed by atoms with van der Waals surface area (Å²) in [5, 5.41) is 2.26. The lowest BCUT2D eigenvalue weighted by atomic mass is 10.1. The summed E-state index contributed by atoms with van der Waals surface area (Å²) < 4.78 is 0. The van der Waals surface area contributed by atoms with Crippen LogP contribution in [0.4, 0.5) is 4.79 Å². The van der Waals surface area contributed by atoms with E-state index in [2.05, 4.69) is 12.2 Å². The quantitative estimate of drug-likeness (QED) is 0.814. The Bertz CT molecular complexity index is 638. The average molecular weight is 332 g/mol. The fraction of sp³-hybridized carbons (Fsp3) is 0.353. The third-order valence-corrected chi connectivity index (χ3v) is 4.34. The molecule has 3 amide bonds. The number of nitrogens with one attached hydrogen (secondary N) is 1. The Balaban J connectivity index is 2.07. The van der Waals surface area contributed by atoms with Crippen LogP contribution in [0.25, 0.3) is 6.08 Å². The average Bonchev–Trinajstić information content (AvgIpc) is 2.81. The summed E-state index contributed by atoms with van der Waals surface area (Å²) in [6.45, 7) is 4.32. The lowest BCUT2D eigenvalue weighted by molar-refractivity contribution is -0.129. The molecule has 122 valence electrons. The molecule has 0 atom stereocenters. The monoisotopic (exact) mass is 332 g/mol. The van der Waals surface area contributed by atoms with Crippen LogP contribution in [-0.4, -0.2) is 35.0 Å². The molecule has 1 aromatic rings. The molecule has 1 N–H and O–H groups in total. The number of hydrogen-bond donors (Lipinski definition) is 1. The fourth-order valence-electron chi connectivity index (χ4n) is 2.10. The molecule has 23 heavy (non-hydrogen) atoms. The van der Waals surface area contributed by atoms with Crippen molar-refractivity contribution in [1.29, 1.82) is 0 Å². The van der Waals surface area contributed by atoms with Crippen molar-refractivity contribution < 1.29 is 14.4 Å². The molecule has 0 saturated carbocycles. The Morgan fingerprint density at radius 2 is 1.91 bits per heavy atom. The maximum atomic E-state index is 12.3. The maximum Gasteiger partial charge on any atom is 0.294 e. The van der Waals surface area contributed by atoms with Crippen molar-refractivity contribution in [2.45, 2.75) is 26.7 Å². The number of amides is 3. The molecule has 1 heterocycles. The predicted octanol–water partition coefficient (Wildman–Crippen LogP) is 2.81. The van der Waals surface area contributed by atoms with Crippen molar-refractivity contribution in [3.05, 3.63) is 40.3 Å². The number of nitrogens with zero attached hydrogens (tertiary/aromatic N) is 1. The summed E-state index contributed by atoms with van der Waals surface area (Å²) >= 11 is 0.871. The highest BCUT2D eigenvalue weighted by atomic mass is 32.2. The normalized spacial score (nSPS) is 16.3. The highest BCUT2D eigenvalue weighted by Gasteiger charge is 2.36. The number of imide groups is 1. The second-order valence-corrected chi connectivity index (χ2v) is 6.21. The zero-order valence-electron chi connectivity index (χ0n) is 13.3. The molecule has 5 nitrogen and oxygen atoms in total. The van der Waals surface area contributed by atoms with E-state index in [1.165, 1.54) is 5.56 Å². The van der Waals surface area contributed by atoms with Gasteiger partial charge in [0.25, 0.3) is 11.1 Å². The molecule has 1 saturated heterocycles. The van der Waals surface area contributed by atoms with E-state index in [1.54, 1.807) is 6.08 Å². The molecule has 0 unspecified atom stereocenters. The largest absolute Gasteiger partial charge is 0.355 e. The fourth-order valence-corrected chi connectivity index (χ4v) is 2.94. The van der Waals surface area contributed by atoms with Gasteiger partial charge in [-0.3, -0.25) is 19.3 Å². The zero-order valence-corrected chi connectivity index (χ0v) is 14.1. The van der Waals surface area contributed by atoms with E-state index < -0.39 is 11.1 Å². The molecule has 0 aliphatic carbocycles. The zero-order chi connectivity index (χ0) is 16.8. The van der Waals surface area contributed by atoms with Gasteiger partial charge in [-0.1, -0.05) is 38.1 Å². The number of aryl methyl sites for hydroxylation is 1. The number of benzene rings is 1. The molecule has 1 aromatic carbocycles. The number of carbonyl (C=O) groups excluding carboxylic acids is 3. The minimum atomic E-state index is -0.411. The summed E-state index contributed by atoms with van der Waals surface area (Å²) in [5.74, 6) is -0.728. The Kier molecular flexibility index (Phi) is 5.98. The summed E-state index contributed by atoms with van der Waals surface area (Å²) in [4.78, 5) is 37.3. The van der Waals surface area contributed by atoms with Crippen LogP contribution in [0.2, 0.25) is 0 Å². The minimum Gasteiger partial charge on any atom is -0.355 e. The van der Waals surface area contributed by atoms with Gasteiger partial charge in [-0.25, -0.2) is 0 Å². The summed E-state index contributed by atoms with van der Waals surface area (Å²) in [7, 11) is 0. The lowest BCUT2D eigenvalue weighted by Crippen LogP contribution is -2.39. The molecule has 1 fully saturated rings. The van der Waals surface area contributed by atoms with E-state index in [0.717, 1.165) is 35.1 Å².